The van der Waals surface area contributed by atoms with Crippen LogP contribution in [0, 0.1) is 13.8 Å². The monoisotopic (exact) mass is 788 g/mol. The van der Waals surface area contributed by atoms with Crippen molar-refractivity contribution < 1.29 is 28.7 Å². The van der Waals surface area contributed by atoms with E-state index in [1.807, 2.05) is 42.5 Å². The standard InChI is InChI=1S/C44H52N8O6/c1-25-18-28-20-33(30-9-7-8-27(19-30)22-38(53)48-24-39(54)50-37(21-28)42(47)55)41(25)52-43(56)35(16-17-45)51-44(57)40-26(2)49-36(23-34(40)46)29-12-14-32(15-13-29)58-31-10-5-3-4-6-11-31/h7-9,12-15,18-20,23,31,35,37H,3-6,10-11,16-17,21-22,24,45H2,1-2H3,(H2,46,49)(H2,47,55)(H,48,53)(H,50,54)(H,51,57)(H,52,56)/t35-,37?/m0/s1. The zero-order valence-electron chi connectivity index (χ0n) is 33.0. The molecule has 4 aromatic rings. The molecule has 2 heterocycles. The number of pyridine rings is 1. The minimum atomic E-state index is -1.05. The van der Waals surface area contributed by atoms with Crippen molar-refractivity contribution in [3.05, 3.63) is 94.7 Å². The lowest BCUT2D eigenvalue weighted by Gasteiger charge is -2.23. The molecule has 0 radical (unpaired) electrons. The summed E-state index contributed by atoms with van der Waals surface area (Å²) in [5.74, 6) is -1.97. The number of amides is 5. The number of hydrogen-bond acceptors (Lipinski definition) is 9. The van der Waals surface area contributed by atoms with Gasteiger partial charge in [0.25, 0.3) is 5.91 Å². The zero-order chi connectivity index (χ0) is 41.3. The van der Waals surface area contributed by atoms with Crippen LogP contribution >= 0.6 is 0 Å². The van der Waals surface area contributed by atoms with E-state index in [2.05, 4.69) is 21.3 Å². The highest BCUT2D eigenvalue weighted by Gasteiger charge is 2.27. The molecule has 2 aliphatic rings. The van der Waals surface area contributed by atoms with Crippen LogP contribution in [-0.2, 0) is 32.0 Å². The summed E-state index contributed by atoms with van der Waals surface area (Å²) in [4.78, 5) is 70.3. The van der Waals surface area contributed by atoms with Gasteiger partial charge >= 0.3 is 0 Å². The fourth-order valence-electron chi connectivity index (χ4n) is 7.63. The smallest absolute Gasteiger partial charge is 0.255 e. The molecule has 1 aliphatic heterocycles. The van der Waals surface area contributed by atoms with Crippen LogP contribution in [0.3, 0.4) is 0 Å². The third kappa shape index (κ3) is 10.4. The fraction of sp³-hybridized carbons (Fsp3) is 0.364. The quantitative estimate of drug-likeness (QED) is 0.115. The molecule has 5 amide bonds. The molecule has 14 heteroatoms. The van der Waals surface area contributed by atoms with Crippen LogP contribution in [-0.4, -0.2) is 65.8 Å². The van der Waals surface area contributed by atoms with Crippen molar-refractivity contribution in [3.8, 4) is 28.1 Å². The molecular weight excluding hydrogens is 737 g/mol. The van der Waals surface area contributed by atoms with Crippen molar-refractivity contribution in [1.82, 2.24) is 20.9 Å². The molecule has 14 nitrogen and oxygen atoms in total. The van der Waals surface area contributed by atoms with Crippen LogP contribution in [0.2, 0.25) is 0 Å². The van der Waals surface area contributed by atoms with Crippen molar-refractivity contribution in [2.75, 3.05) is 24.1 Å². The Morgan fingerprint density at radius 1 is 0.914 bits per heavy atom. The van der Waals surface area contributed by atoms with Crippen molar-refractivity contribution in [3.63, 3.8) is 0 Å². The lowest BCUT2D eigenvalue weighted by molar-refractivity contribution is -0.128. The predicted molar refractivity (Wildman–Crippen MR) is 223 cm³/mol. The minimum absolute atomic E-state index is 0.00859. The van der Waals surface area contributed by atoms with Crippen LogP contribution in [0.15, 0.2) is 66.7 Å². The van der Waals surface area contributed by atoms with Crippen LogP contribution in [0.4, 0.5) is 11.4 Å². The summed E-state index contributed by atoms with van der Waals surface area (Å²) in [6.07, 6.45) is 7.38. The Labute approximate surface area is 338 Å². The topological polar surface area (TPSA) is 234 Å². The molecule has 1 aromatic heterocycles. The van der Waals surface area contributed by atoms with Gasteiger partial charge in [0, 0.05) is 23.2 Å². The highest BCUT2D eigenvalue weighted by Crippen LogP contribution is 2.34. The first-order valence-corrected chi connectivity index (χ1v) is 19.8. The van der Waals surface area contributed by atoms with E-state index in [1.54, 1.807) is 38.1 Å². The van der Waals surface area contributed by atoms with Gasteiger partial charge in [-0.05, 0) is 111 Å². The summed E-state index contributed by atoms with van der Waals surface area (Å²) in [6, 6.07) is 18.1. The molecule has 10 N–H and O–H groups in total. The van der Waals surface area contributed by atoms with Crippen LogP contribution in [0.1, 0.15) is 77.7 Å². The lowest BCUT2D eigenvalue weighted by atomic mass is 9.93. The summed E-state index contributed by atoms with van der Waals surface area (Å²) in [7, 11) is 0. The van der Waals surface area contributed by atoms with E-state index in [4.69, 9.17) is 26.9 Å². The van der Waals surface area contributed by atoms with Crippen molar-refractivity contribution in [2.45, 2.75) is 89.8 Å². The molecule has 1 fully saturated rings. The van der Waals surface area contributed by atoms with Gasteiger partial charge in [-0.15, -0.1) is 0 Å². The molecule has 0 saturated heterocycles. The molecule has 0 spiro atoms. The van der Waals surface area contributed by atoms with E-state index < -0.39 is 35.7 Å². The molecular formula is C44H52N8O6. The van der Waals surface area contributed by atoms with Gasteiger partial charge in [0.1, 0.15) is 17.8 Å². The molecule has 58 heavy (non-hydrogen) atoms. The van der Waals surface area contributed by atoms with Crippen LogP contribution < -0.4 is 43.2 Å². The Hall–Kier alpha value is -6.28. The van der Waals surface area contributed by atoms with Crippen LogP contribution in [0.5, 0.6) is 5.75 Å². The Kier molecular flexibility index (Phi) is 13.4. The third-order valence-electron chi connectivity index (χ3n) is 10.6. The predicted octanol–water partition coefficient (Wildman–Crippen LogP) is 3.99. The summed E-state index contributed by atoms with van der Waals surface area (Å²) in [5, 5.41) is 11.0. The normalized spacial score (nSPS) is 16.8. The number of nitrogens with one attached hydrogen (secondary N) is 4. The number of carbonyl (C=O) groups excluding carboxylic acids is 5. The maximum atomic E-state index is 14.1. The average molecular weight is 789 g/mol. The molecule has 1 saturated carbocycles. The fourth-order valence-corrected chi connectivity index (χ4v) is 7.63. The van der Waals surface area contributed by atoms with E-state index in [0.29, 0.717) is 44.9 Å². The number of aryl methyl sites for hydroxylation is 2. The first-order valence-electron chi connectivity index (χ1n) is 19.8. The molecule has 3 aromatic carbocycles. The summed E-state index contributed by atoms with van der Waals surface area (Å²) >= 11 is 0. The van der Waals surface area contributed by atoms with E-state index in [0.717, 1.165) is 24.2 Å². The molecule has 4 bridgehead atoms. The average Bonchev–Trinajstić information content (AvgIpc) is 3.46. The van der Waals surface area contributed by atoms with Gasteiger partial charge in [-0.3, -0.25) is 29.0 Å². The van der Waals surface area contributed by atoms with Crippen molar-refractivity contribution in [1.29, 1.82) is 0 Å². The number of anilines is 2. The third-order valence-corrected chi connectivity index (χ3v) is 10.6. The van der Waals surface area contributed by atoms with E-state index in [9.17, 15) is 24.0 Å². The van der Waals surface area contributed by atoms with E-state index >= 15 is 0 Å². The van der Waals surface area contributed by atoms with Gasteiger partial charge in [-0.25, -0.2) is 0 Å². The lowest BCUT2D eigenvalue weighted by Crippen LogP contribution is -2.49. The SMILES string of the molecule is Cc1cc2cc(c1NC(=O)[C@H](CCN)NC(=O)c1c(N)cc(-c3ccc(OC4CCCCCC4)cc3)nc1C)-c1cccc(c1)CC(=O)NCC(=O)NC(C(N)=O)C2. The zero-order valence-corrected chi connectivity index (χ0v) is 33.0. The summed E-state index contributed by atoms with van der Waals surface area (Å²) < 4.78 is 6.25. The highest BCUT2D eigenvalue weighted by molar-refractivity contribution is 6.06. The molecule has 304 valence electrons. The maximum absolute atomic E-state index is 14.1. The first-order chi connectivity index (χ1) is 27.9. The number of rotatable bonds is 10. The first kappa shape index (κ1) is 41.4. The summed E-state index contributed by atoms with van der Waals surface area (Å²) in [5.41, 5.74) is 24.0. The number of nitrogens with two attached hydrogens (primary N) is 3. The number of fused-ring (bicyclic) bond motifs is 5. The number of ether oxygens (including phenoxy) is 1. The van der Waals surface area contributed by atoms with Gasteiger partial charge in [-0.1, -0.05) is 43.2 Å². The van der Waals surface area contributed by atoms with Gasteiger partial charge in [0.15, 0.2) is 0 Å². The number of nitrogen functional groups attached to an aromatic ring is 1. The van der Waals surface area contributed by atoms with Gasteiger partial charge in [0.2, 0.25) is 23.6 Å². The minimum Gasteiger partial charge on any atom is -0.490 e. The van der Waals surface area contributed by atoms with Gasteiger partial charge < -0.3 is 43.2 Å². The molecule has 6 rings (SSSR count). The number of primary amides is 1. The number of hydrogen-bond donors (Lipinski definition) is 7. The number of aromatic nitrogens is 1. The Morgan fingerprint density at radius 3 is 2.34 bits per heavy atom. The Bertz CT molecular complexity index is 2160. The second-order valence-corrected chi connectivity index (χ2v) is 15.1. The Morgan fingerprint density at radius 2 is 1.66 bits per heavy atom. The molecule has 1 unspecified atom stereocenters. The van der Waals surface area contributed by atoms with Gasteiger partial charge in [-0.2, -0.15) is 0 Å². The maximum Gasteiger partial charge on any atom is 0.255 e. The Balaban J connectivity index is 1.23. The van der Waals surface area contributed by atoms with E-state index in [-0.39, 0.29) is 55.6 Å². The second kappa shape index (κ2) is 18.8. The summed E-state index contributed by atoms with van der Waals surface area (Å²) in [6.45, 7) is 3.28. The highest BCUT2D eigenvalue weighted by atomic mass is 16.5. The molecule has 2 atom stereocenters. The van der Waals surface area contributed by atoms with Crippen molar-refractivity contribution in [2.24, 2.45) is 11.5 Å². The largest absolute Gasteiger partial charge is 0.490 e. The van der Waals surface area contributed by atoms with E-state index in [1.165, 1.54) is 25.7 Å². The molecule has 1 aliphatic carbocycles. The van der Waals surface area contributed by atoms with Crippen molar-refractivity contribution >= 4 is 40.9 Å². The number of carbonyl (C=O) groups is 5. The number of benzene rings is 3. The second-order valence-electron chi connectivity index (χ2n) is 15.1. The van der Waals surface area contributed by atoms with Crippen LogP contribution in [0.25, 0.3) is 22.4 Å². The van der Waals surface area contributed by atoms with Gasteiger partial charge in [0.05, 0.1) is 41.7 Å². The number of nitrogens with zero attached hydrogens (tertiary/aromatic N) is 1.